The van der Waals surface area contributed by atoms with Gasteiger partial charge < -0.3 is 4.74 Å². The van der Waals surface area contributed by atoms with Gasteiger partial charge in [0, 0.05) is 18.9 Å². The van der Waals surface area contributed by atoms with Crippen molar-refractivity contribution in [3.05, 3.63) is 42.2 Å². The van der Waals surface area contributed by atoms with Crippen molar-refractivity contribution in [1.29, 1.82) is 0 Å². The molecule has 26 heavy (non-hydrogen) atoms. The number of benzene rings is 1. The molecule has 0 spiro atoms. The van der Waals surface area contributed by atoms with Gasteiger partial charge in [-0.3, -0.25) is 4.68 Å². The van der Waals surface area contributed by atoms with Crippen molar-refractivity contribution in [1.82, 2.24) is 9.78 Å². The van der Waals surface area contributed by atoms with Crippen LogP contribution in [0.3, 0.4) is 0 Å². The smallest absolute Gasteiger partial charge is 0.0658 e. The summed E-state index contributed by atoms with van der Waals surface area (Å²) in [5, 5.41) is 4.43. The molecule has 0 unspecified atom stereocenters. The number of hydrogen-bond acceptors (Lipinski definition) is 2. The van der Waals surface area contributed by atoms with Crippen LogP contribution in [0.5, 0.6) is 0 Å². The maximum absolute atomic E-state index is 5.12. The number of rotatable bonds is 8. The fourth-order valence-corrected chi connectivity index (χ4v) is 3.36. The molecule has 1 aromatic carbocycles. The molecule has 146 valence electrons. The third-order valence-electron chi connectivity index (χ3n) is 5.01. The Kier molecular flexibility index (Phi) is 8.55. The Morgan fingerprint density at radius 3 is 2.38 bits per heavy atom. The van der Waals surface area contributed by atoms with Gasteiger partial charge in [0.15, 0.2) is 0 Å². The molecule has 0 fully saturated rings. The van der Waals surface area contributed by atoms with Gasteiger partial charge in [-0.05, 0) is 28.4 Å². The SMILES string of the molecule is CC.CCC(C)(C)CC(C)(C)c1cccc(-c2cnn(CCOC)c2)c1. The maximum atomic E-state index is 5.12. The quantitative estimate of drug-likeness (QED) is 0.551. The van der Waals surface area contributed by atoms with Crippen LogP contribution in [0, 0.1) is 5.41 Å². The van der Waals surface area contributed by atoms with Crippen LogP contribution >= 0.6 is 0 Å². The zero-order valence-corrected chi connectivity index (χ0v) is 18.1. The van der Waals surface area contributed by atoms with Gasteiger partial charge in [-0.25, -0.2) is 0 Å². The molecule has 2 rings (SSSR count). The van der Waals surface area contributed by atoms with E-state index in [2.05, 4.69) is 70.2 Å². The average Bonchev–Trinajstić information content (AvgIpc) is 3.10. The van der Waals surface area contributed by atoms with Gasteiger partial charge in [-0.2, -0.15) is 5.10 Å². The predicted molar refractivity (Wildman–Crippen MR) is 113 cm³/mol. The first kappa shape index (κ1) is 22.4. The van der Waals surface area contributed by atoms with E-state index in [1.165, 1.54) is 29.5 Å². The standard InChI is InChI=1S/C21H32N2O.C2H6/c1-7-20(2,3)16-21(4,5)19-10-8-9-17(13-19)18-14-22-23(15-18)11-12-24-6;1-2/h8-10,13-15H,7,11-12,16H2,1-6H3;1-2H3. The highest BCUT2D eigenvalue weighted by Gasteiger charge is 2.29. The number of aromatic nitrogens is 2. The minimum atomic E-state index is 0.154. The Bertz CT molecular complexity index is 656. The van der Waals surface area contributed by atoms with E-state index in [4.69, 9.17) is 4.74 Å². The van der Waals surface area contributed by atoms with Crippen molar-refractivity contribution < 1.29 is 4.74 Å². The first-order valence-electron chi connectivity index (χ1n) is 9.90. The Hall–Kier alpha value is -1.61. The van der Waals surface area contributed by atoms with Crippen molar-refractivity contribution >= 4 is 0 Å². The van der Waals surface area contributed by atoms with Gasteiger partial charge in [0.05, 0.1) is 19.3 Å². The average molecular weight is 359 g/mol. The second-order valence-electron chi connectivity index (χ2n) is 8.14. The number of nitrogens with zero attached hydrogens (tertiary/aromatic N) is 2. The van der Waals surface area contributed by atoms with Gasteiger partial charge in [-0.1, -0.05) is 79.2 Å². The van der Waals surface area contributed by atoms with E-state index in [0.29, 0.717) is 12.0 Å². The minimum Gasteiger partial charge on any atom is -0.383 e. The van der Waals surface area contributed by atoms with Crippen molar-refractivity contribution in [3.63, 3.8) is 0 Å². The Labute approximate surface area is 160 Å². The fourth-order valence-electron chi connectivity index (χ4n) is 3.36. The van der Waals surface area contributed by atoms with Gasteiger partial charge in [0.25, 0.3) is 0 Å². The number of hydrogen-bond donors (Lipinski definition) is 0. The topological polar surface area (TPSA) is 27.1 Å². The lowest BCUT2D eigenvalue weighted by Gasteiger charge is -2.35. The van der Waals surface area contributed by atoms with Gasteiger partial charge in [0.1, 0.15) is 0 Å². The molecule has 0 saturated carbocycles. The van der Waals surface area contributed by atoms with Crippen LogP contribution in [0.2, 0.25) is 0 Å². The monoisotopic (exact) mass is 358 g/mol. The molecule has 1 aromatic heterocycles. The summed E-state index contributed by atoms with van der Waals surface area (Å²) in [6.07, 6.45) is 6.41. The van der Waals surface area contributed by atoms with Crippen molar-refractivity contribution in [2.75, 3.05) is 13.7 Å². The number of methoxy groups -OCH3 is 1. The van der Waals surface area contributed by atoms with Crippen LogP contribution in [0.25, 0.3) is 11.1 Å². The molecule has 0 aliphatic carbocycles. The van der Waals surface area contributed by atoms with Gasteiger partial charge in [-0.15, -0.1) is 0 Å². The lowest BCUT2D eigenvalue weighted by molar-refractivity contribution is 0.183. The molecule has 0 aliphatic rings. The predicted octanol–water partition coefficient (Wildman–Crippen LogP) is 6.33. The third-order valence-corrected chi connectivity index (χ3v) is 5.01. The molecule has 3 nitrogen and oxygen atoms in total. The summed E-state index contributed by atoms with van der Waals surface area (Å²) < 4.78 is 7.06. The second kappa shape index (κ2) is 9.91. The Morgan fingerprint density at radius 1 is 1.08 bits per heavy atom. The lowest BCUT2D eigenvalue weighted by atomic mass is 9.70. The zero-order chi connectivity index (χ0) is 19.8. The van der Waals surface area contributed by atoms with Crippen LogP contribution in [0.1, 0.15) is 66.9 Å². The maximum Gasteiger partial charge on any atom is 0.0658 e. The third kappa shape index (κ3) is 6.28. The van der Waals surface area contributed by atoms with E-state index in [0.717, 1.165) is 6.54 Å². The van der Waals surface area contributed by atoms with E-state index in [1.807, 2.05) is 24.7 Å². The van der Waals surface area contributed by atoms with Gasteiger partial charge in [0.2, 0.25) is 0 Å². The molecular weight excluding hydrogens is 320 g/mol. The summed E-state index contributed by atoms with van der Waals surface area (Å²) in [6.45, 7) is 17.2. The van der Waals surface area contributed by atoms with Crippen LogP contribution in [0.4, 0.5) is 0 Å². The highest BCUT2D eigenvalue weighted by Crippen LogP contribution is 2.39. The summed E-state index contributed by atoms with van der Waals surface area (Å²) in [7, 11) is 1.72. The number of ether oxygens (including phenoxy) is 1. The molecule has 0 N–H and O–H groups in total. The molecule has 0 saturated heterocycles. The van der Waals surface area contributed by atoms with E-state index < -0.39 is 0 Å². The Balaban J connectivity index is 0.00000163. The van der Waals surface area contributed by atoms with Crippen LogP contribution in [-0.2, 0) is 16.7 Å². The van der Waals surface area contributed by atoms with E-state index in [1.54, 1.807) is 7.11 Å². The summed E-state index contributed by atoms with van der Waals surface area (Å²) in [5.41, 5.74) is 4.30. The first-order valence-corrected chi connectivity index (χ1v) is 9.90. The molecule has 0 amide bonds. The normalized spacial score (nSPS) is 11.8. The molecule has 1 heterocycles. The molecule has 0 aliphatic heterocycles. The fraction of sp³-hybridized carbons (Fsp3) is 0.609. The van der Waals surface area contributed by atoms with Crippen LogP contribution < -0.4 is 0 Å². The molecular formula is C23H38N2O. The summed E-state index contributed by atoms with van der Waals surface area (Å²) >= 11 is 0. The van der Waals surface area contributed by atoms with Crippen molar-refractivity contribution in [2.45, 2.75) is 73.3 Å². The largest absolute Gasteiger partial charge is 0.383 e. The van der Waals surface area contributed by atoms with E-state index in [9.17, 15) is 0 Å². The van der Waals surface area contributed by atoms with Gasteiger partial charge >= 0.3 is 0 Å². The first-order chi connectivity index (χ1) is 12.3. The second-order valence-corrected chi connectivity index (χ2v) is 8.14. The minimum absolute atomic E-state index is 0.154. The molecule has 0 radical (unpaired) electrons. The molecule has 0 atom stereocenters. The summed E-state index contributed by atoms with van der Waals surface area (Å²) in [4.78, 5) is 0. The zero-order valence-electron chi connectivity index (χ0n) is 18.1. The van der Waals surface area contributed by atoms with Crippen LogP contribution in [-0.4, -0.2) is 23.5 Å². The lowest BCUT2D eigenvalue weighted by Crippen LogP contribution is -2.26. The summed E-state index contributed by atoms with van der Waals surface area (Å²) in [5.74, 6) is 0. The Morgan fingerprint density at radius 2 is 1.77 bits per heavy atom. The molecule has 3 heteroatoms. The van der Waals surface area contributed by atoms with Crippen molar-refractivity contribution in [3.8, 4) is 11.1 Å². The van der Waals surface area contributed by atoms with E-state index >= 15 is 0 Å². The molecule has 2 aromatic rings. The van der Waals surface area contributed by atoms with E-state index in [-0.39, 0.29) is 5.41 Å². The van der Waals surface area contributed by atoms with Crippen molar-refractivity contribution in [2.24, 2.45) is 5.41 Å². The van der Waals surface area contributed by atoms with Crippen LogP contribution in [0.15, 0.2) is 36.7 Å². The highest BCUT2D eigenvalue weighted by atomic mass is 16.5. The summed E-state index contributed by atoms with van der Waals surface area (Å²) in [6, 6.07) is 8.91. The highest BCUT2D eigenvalue weighted by molar-refractivity contribution is 5.63. The molecule has 0 bridgehead atoms.